The van der Waals surface area contributed by atoms with E-state index < -0.39 is 17.5 Å². The molecule has 1 amide bonds. The van der Waals surface area contributed by atoms with Gasteiger partial charge in [0, 0.05) is 18.8 Å². The molecule has 0 aliphatic carbocycles. The molecule has 0 bridgehead atoms. The van der Waals surface area contributed by atoms with Gasteiger partial charge in [0.25, 0.3) is 5.91 Å². The lowest BCUT2D eigenvalue weighted by Crippen LogP contribution is -2.15. The normalized spacial score (nSPS) is 10.3. The Morgan fingerprint density at radius 3 is 2.63 bits per heavy atom. The number of hydrogen-bond donors (Lipinski definition) is 2. The number of rotatable bonds is 3. The van der Waals surface area contributed by atoms with Crippen LogP contribution in [0, 0.1) is 11.6 Å². The number of pyridine rings is 1. The monoisotopic (exact) mass is 263 g/mol. The third-order valence-corrected chi connectivity index (χ3v) is 2.47. The van der Waals surface area contributed by atoms with Crippen molar-refractivity contribution >= 4 is 11.6 Å². The molecule has 0 saturated heterocycles. The number of nitrogens with one attached hydrogen (secondary N) is 1. The van der Waals surface area contributed by atoms with Crippen LogP contribution in [-0.2, 0) is 6.54 Å². The Kier molecular flexibility index (Phi) is 3.82. The largest absolute Gasteiger partial charge is 0.326 e. The summed E-state index contributed by atoms with van der Waals surface area (Å²) in [4.78, 5) is 15.7. The lowest BCUT2D eigenvalue weighted by molar-refractivity contribution is 0.102. The van der Waals surface area contributed by atoms with Gasteiger partial charge in [-0.1, -0.05) is 6.07 Å². The van der Waals surface area contributed by atoms with Crippen molar-refractivity contribution in [3.63, 3.8) is 0 Å². The van der Waals surface area contributed by atoms with Crippen molar-refractivity contribution in [2.45, 2.75) is 6.54 Å². The van der Waals surface area contributed by atoms with Crippen LogP contribution in [0.4, 0.5) is 14.5 Å². The van der Waals surface area contributed by atoms with E-state index in [0.29, 0.717) is 12.6 Å². The molecule has 0 radical (unpaired) electrons. The molecule has 1 heterocycles. The first-order valence-corrected chi connectivity index (χ1v) is 5.51. The van der Waals surface area contributed by atoms with Gasteiger partial charge in [0.15, 0.2) is 0 Å². The van der Waals surface area contributed by atoms with Crippen LogP contribution in [0.25, 0.3) is 0 Å². The second kappa shape index (κ2) is 5.53. The molecule has 6 heteroatoms. The quantitative estimate of drug-likeness (QED) is 0.890. The number of anilines is 1. The van der Waals surface area contributed by atoms with Gasteiger partial charge in [-0.15, -0.1) is 0 Å². The number of hydrogen-bond acceptors (Lipinski definition) is 3. The van der Waals surface area contributed by atoms with Crippen molar-refractivity contribution in [1.29, 1.82) is 0 Å². The number of aromatic nitrogens is 1. The van der Waals surface area contributed by atoms with Gasteiger partial charge in [-0.25, -0.2) is 8.78 Å². The molecule has 19 heavy (non-hydrogen) atoms. The van der Waals surface area contributed by atoms with Crippen LogP contribution in [0.1, 0.15) is 16.1 Å². The van der Waals surface area contributed by atoms with Crippen LogP contribution in [0.3, 0.4) is 0 Å². The van der Waals surface area contributed by atoms with E-state index in [1.165, 1.54) is 12.3 Å². The van der Waals surface area contributed by atoms with Crippen molar-refractivity contribution in [3.8, 4) is 0 Å². The number of carbonyl (C=O) groups is 1. The van der Waals surface area contributed by atoms with Gasteiger partial charge in [-0.05, 0) is 23.8 Å². The first kappa shape index (κ1) is 13.1. The van der Waals surface area contributed by atoms with Gasteiger partial charge < -0.3 is 11.1 Å². The smallest absolute Gasteiger partial charge is 0.274 e. The molecule has 1 aromatic heterocycles. The van der Waals surface area contributed by atoms with Gasteiger partial charge in [-0.2, -0.15) is 0 Å². The van der Waals surface area contributed by atoms with E-state index in [-0.39, 0.29) is 11.4 Å². The van der Waals surface area contributed by atoms with Crippen molar-refractivity contribution in [1.82, 2.24) is 4.98 Å². The zero-order chi connectivity index (χ0) is 13.8. The average molecular weight is 263 g/mol. The van der Waals surface area contributed by atoms with E-state index in [1.807, 2.05) is 0 Å². The predicted molar refractivity (Wildman–Crippen MR) is 66.4 cm³/mol. The van der Waals surface area contributed by atoms with Crippen molar-refractivity contribution in [2.24, 2.45) is 5.73 Å². The number of nitrogens with two attached hydrogens (primary N) is 1. The SMILES string of the molecule is NCc1ccc(C(=O)Nc2ccc(F)cc2F)nc1. The minimum absolute atomic E-state index is 0.101. The van der Waals surface area contributed by atoms with E-state index in [9.17, 15) is 13.6 Å². The average Bonchev–Trinajstić information content (AvgIpc) is 2.42. The van der Waals surface area contributed by atoms with Gasteiger partial charge in [0.2, 0.25) is 0 Å². The molecule has 1 aromatic carbocycles. The topological polar surface area (TPSA) is 68.0 Å². The molecule has 0 spiro atoms. The highest BCUT2D eigenvalue weighted by Crippen LogP contribution is 2.15. The predicted octanol–water partition coefficient (Wildman–Crippen LogP) is 2.07. The molecular weight excluding hydrogens is 252 g/mol. The van der Waals surface area contributed by atoms with Crippen LogP contribution >= 0.6 is 0 Å². The summed E-state index contributed by atoms with van der Waals surface area (Å²) in [5, 5.41) is 2.32. The van der Waals surface area contributed by atoms with Crippen molar-refractivity contribution in [3.05, 3.63) is 59.4 Å². The molecule has 0 aliphatic rings. The van der Waals surface area contributed by atoms with Crippen molar-refractivity contribution in [2.75, 3.05) is 5.32 Å². The Labute approximate surface area is 108 Å². The van der Waals surface area contributed by atoms with Gasteiger partial charge in [0.05, 0.1) is 5.69 Å². The highest BCUT2D eigenvalue weighted by molar-refractivity contribution is 6.02. The fourth-order valence-corrected chi connectivity index (χ4v) is 1.46. The lowest BCUT2D eigenvalue weighted by atomic mass is 10.2. The van der Waals surface area contributed by atoms with Gasteiger partial charge in [-0.3, -0.25) is 9.78 Å². The Balaban J connectivity index is 2.15. The summed E-state index contributed by atoms with van der Waals surface area (Å²) < 4.78 is 26.1. The molecule has 0 atom stereocenters. The fourth-order valence-electron chi connectivity index (χ4n) is 1.46. The highest BCUT2D eigenvalue weighted by Gasteiger charge is 2.11. The number of amides is 1. The van der Waals surface area contributed by atoms with E-state index >= 15 is 0 Å². The first-order valence-electron chi connectivity index (χ1n) is 5.51. The Bertz CT molecular complexity index is 599. The molecule has 2 aromatic rings. The second-order valence-corrected chi connectivity index (χ2v) is 3.83. The second-order valence-electron chi connectivity index (χ2n) is 3.83. The molecule has 0 fully saturated rings. The van der Waals surface area contributed by atoms with Crippen LogP contribution in [-0.4, -0.2) is 10.9 Å². The summed E-state index contributed by atoms with van der Waals surface area (Å²) in [6.45, 7) is 0.321. The lowest BCUT2D eigenvalue weighted by Gasteiger charge is -2.06. The Morgan fingerprint density at radius 1 is 1.26 bits per heavy atom. The fraction of sp³-hybridized carbons (Fsp3) is 0.0769. The third-order valence-electron chi connectivity index (χ3n) is 2.47. The molecule has 4 nitrogen and oxygen atoms in total. The van der Waals surface area contributed by atoms with Crippen LogP contribution in [0.5, 0.6) is 0 Å². The summed E-state index contributed by atoms with van der Waals surface area (Å²) in [6, 6.07) is 6.04. The zero-order valence-electron chi connectivity index (χ0n) is 9.86. The van der Waals surface area contributed by atoms with Crippen molar-refractivity contribution < 1.29 is 13.6 Å². The maximum atomic E-state index is 13.4. The van der Waals surface area contributed by atoms with Gasteiger partial charge in [0.1, 0.15) is 17.3 Å². The molecule has 0 aliphatic heterocycles. The third kappa shape index (κ3) is 3.11. The molecule has 2 rings (SSSR count). The van der Waals surface area contributed by atoms with Crippen LogP contribution in [0.15, 0.2) is 36.5 Å². The Hall–Kier alpha value is -2.34. The maximum absolute atomic E-state index is 13.4. The molecule has 0 saturated carbocycles. The molecular formula is C13H11F2N3O. The van der Waals surface area contributed by atoms with E-state index in [1.54, 1.807) is 6.07 Å². The minimum atomic E-state index is -0.841. The molecule has 0 unspecified atom stereocenters. The number of carbonyl (C=O) groups excluding carboxylic acids is 1. The molecule has 98 valence electrons. The molecule has 3 N–H and O–H groups in total. The number of halogens is 2. The number of benzene rings is 1. The number of nitrogens with zero attached hydrogens (tertiary/aromatic N) is 1. The van der Waals surface area contributed by atoms with E-state index in [4.69, 9.17) is 5.73 Å². The summed E-state index contributed by atoms with van der Waals surface area (Å²) in [7, 11) is 0. The van der Waals surface area contributed by atoms with E-state index in [0.717, 1.165) is 17.7 Å². The zero-order valence-corrected chi connectivity index (χ0v) is 9.86. The summed E-state index contributed by atoms with van der Waals surface area (Å²) in [6.07, 6.45) is 1.47. The van der Waals surface area contributed by atoms with Gasteiger partial charge >= 0.3 is 0 Å². The standard InChI is InChI=1S/C13H11F2N3O/c14-9-2-4-11(10(15)5-9)18-13(19)12-3-1-8(6-16)7-17-12/h1-5,7H,6,16H2,(H,18,19). The van der Waals surface area contributed by atoms with E-state index in [2.05, 4.69) is 10.3 Å². The summed E-state index contributed by atoms with van der Waals surface area (Å²) in [5.74, 6) is -2.12. The van der Waals surface area contributed by atoms with Crippen LogP contribution < -0.4 is 11.1 Å². The van der Waals surface area contributed by atoms with Crippen LogP contribution in [0.2, 0.25) is 0 Å². The Morgan fingerprint density at radius 2 is 2.05 bits per heavy atom. The highest BCUT2D eigenvalue weighted by atomic mass is 19.1. The summed E-state index contributed by atoms with van der Waals surface area (Å²) in [5.41, 5.74) is 6.21. The summed E-state index contributed by atoms with van der Waals surface area (Å²) >= 11 is 0. The maximum Gasteiger partial charge on any atom is 0.274 e. The first-order chi connectivity index (χ1) is 9.10. The minimum Gasteiger partial charge on any atom is -0.326 e.